The van der Waals surface area contributed by atoms with Crippen molar-refractivity contribution in [2.75, 3.05) is 53.3 Å². The molecular weight excluding hydrogens is 456 g/mol. The molecule has 1 aromatic heterocycles. The summed E-state index contributed by atoms with van der Waals surface area (Å²) in [7, 11) is 1.75. The van der Waals surface area contributed by atoms with Gasteiger partial charge in [-0.3, -0.25) is 9.69 Å². The van der Waals surface area contributed by atoms with Gasteiger partial charge < -0.3 is 25.0 Å². The number of amides is 1. The number of fused-ring (bicyclic) bond motifs is 1. The Morgan fingerprint density at radius 2 is 1.86 bits per heavy atom. The average molecular weight is 489 g/mol. The van der Waals surface area contributed by atoms with Gasteiger partial charge in [-0.1, -0.05) is 18.2 Å². The van der Waals surface area contributed by atoms with E-state index in [0.717, 1.165) is 48.7 Å². The predicted molar refractivity (Wildman–Crippen MR) is 142 cm³/mol. The molecule has 3 heterocycles. The second-order valence-electron chi connectivity index (χ2n) is 9.05. The van der Waals surface area contributed by atoms with E-state index in [1.54, 1.807) is 18.1 Å². The summed E-state index contributed by atoms with van der Waals surface area (Å²) in [5.41, 5.74) is 3.58. The van der Waals surface area contributed by atoms with E-state index >= 15 is 0 Å². The highest BCUT2D eigenvalue weighted by molar-refractivity contribution is 5.98. The molecule has 1 amide bonds. The quantitative estimate of drug-likeness (QED) is 0.536. The van der Waals surface area contributed by atoms with Gasteiger partial charge in [-0.2, -0.15) is 4.98 Å². The lowest BCUT2D eigenvalue weighted by atomic mass is 10.1. The van der Waals surface area contributed by atoms with Gasteiger partial charge in [0, 0.05) is 50.5 Å². The van der Waals surface area contributed by atoms with Crippen LogP contribution in [0, 0.1) is 0 Å². The zero-order valence-electron chi connectivity index (χ0n) is 20.7. The van der Waals surface area contributed by atoms with E-state index in [-0.39, 0.29) is 12.0 Å². The molecule has 0 saturated carbocycles. The number of nitrogens with one attached hydrogen (secondary N) is 1. The Balaban J connectivity index is 1.44. The molecule has 2 aliphatic heterocycles. The first-order chi connectivity index (χ1) is 17.5. The molecule has 1 saturated heterocycles. The minimum Gasteiger partial charge on any atom is -0.492 e. The minimum atomic E-state index is -0.221. The van der Waals surface area contributed by atoms with Crippen LogP contribution in [0.1, 0.15) is 26.2 Å². The molecule has 2 aromatic carbocycles. The second kappa shape index (κ2) is 10.4. The highest BCUT2D eigenvalue weighted by Gasteiger charge is 2.27. The molecule has 2 aliphatic rings. The number of hydrogen-bond acceptors (Lipinski definition) is 8. The molecule has 9 nitrogen and oxygen atoms in total. The summed E-state index contributed by atoms with van der Waals surface area (Å²) < 4.78 is 5.94. The van der Waals surface area contributed by atoms with Crippen LogP contribution in [0.4, 0.5) is 34.5 Å². The van der Waals surface area contributed by atoms with E-state index in [4.69, 9.17) is 9.72 Å². The number of nitrogens with zero attached hydrogens (tertiary/aromatic N) is 5. The Morgan fingerprint density at radius 3 is 2.61 bits per heavy atom. The topological polar surface area (TPSA) is 94.1 Å². The number of hydrogen-bond donors (Lipinski definition) is 2. The number of aromatic nitrogens is 2. The molecule has 0 radical (unpaired) electrons. The van der Waals surface area contributed by atoms with E-state index in [2.05, 4.69) is 20.1 Å². The van der Waals surface area contributed by atoms with Crippen LogP contribution in [-0.2, 0) is 4.79 Å². The molecule has 0 unspecified atom stereocenters. The fraction of sp³-hybridized carbons (Fsp3) is 0.370. The number of carbonyl (C=O) groups is 1. The summed E-state index contributed by atoms with van der Waals surface area (Å²) in [5.74, 6) is 1.65. The van der Waals surface area contributed by atoms with Crippen molar-refractivity contribution in [2.24, 2.45) is 0 Å². The molecular formula is C27H32N6O3. The smallest absolute Gasteiger partial charge is 0.229 e. The maximum Gasteiger partial charge on any atom is 0.229 e. The first-order valence-corrected chi connectivity index (χ1v) is 12.5. The molecule has 0 spiro atoms. The number of anilines is 6. The van der Waals surface area contributed by atoms with Gasteiger partial charge >= 0.3 is 0 Å². The van der Waals surface area contributed by atoms with Gasteiger partial charge in [-0.05, 0) is 44.0 Å². The van der Waals surface area contributed by atoms with Crippen molar-refractivity contribution in [1.29, 1.82) is 0 Å². The van der Waals surface area contributed by atoms with Crippen molar-refractivity contribution in [3.05, 3.63) is 54.7 Å². The minimum absolute atomic E-state index is 0.00494. The molecule has 0 bridgehead atoms. The lowest BCUT2D eigenvalue weighted by Gasteiger charge is -2.32. The van der Waals surface area contributed by atoms with Crippen LogP contribution in [0.3, 0.4) is 0 Å². The van der Waals surface area contributed by atoms with Gasteiger partial charge in [0.2, 0.25) is 11.9 Å². The normalized spacial score (nSPS) is 16.5. The van der Waals surface area contributed by atoms with Crippen LogP contribution in [0.2, 0.25) is 0 Å². The molecule has 0 atom stereocenters. The van der Waals surface area contributed by atoms with Gasteiger partial charge in [0.05, 0.1) is 24.6 Å². The summed E-state index contributed by atoms with van der Waals surface area (Å²) in [5, 5.41) is 13.1. The summed E-state index contributed by atoms with van der Waals surface area (Å²) in [6.07, 6.45) is 3.45. The largest absolute Gasteiger partial charge is 0.492 e. The molecule has 5 rings (SSSR count). The second-order valence-corrected chi connectivity index (χ2v) is 9.05. The number of ether oxygens (including phenoxy) is 1. The Hall–Kier alpha value is -3.85. The monoisotopic (exact) mass is 488 g/mol. The van der Waals surface area contributed by atoms with E-state index in [9.17, 15) is 9.90 Å². The van der Waals surface area contributed by atoms with Crippen LogP contribution in [0.5, 0.6) is 5.75 Å². The Morgan fingerprint density at radius 1 is 1.08 bits per heavy atom. The maximum atomic E-state index is 12.7. The molecule has 36 heavy (non-hydrogen) atoms. The third kappa shape index (κ3) is 4.92. The molecule has 1 fully saturated rings. The van der Waals surface area contributed by atoms with Gasteiger partial charge in [-0.25, -0.2) is 4.98 Å². The molecule has 9 heteroatoms. The standard InChI is InChI=1S/C27H32N6O3/c1-3-36-24-17-20(32-14-11-21(34)12-15-32)9-10-22(24)29-27-28-18-23-26(30-27)31(2)25(35)13-16-33(23)19-7-5-4-6-8-19/h4-10,17-18,21,34H,3,11-16H2,1-2H3,(H,28,29,30). The third-order valence-electron chi connectivity index (χ3n) is 6.69. The number of aliphatic hydroxyl groups excluding tert-OH is 1. The predicted octanol–water partition coefficient (Wildman–Crippen LogP) is 4.08. The summed E-state index contributed by atoms with van der Waals surface area (Å²) in [6.45, 7) is 4.65. The third-order valence-corrected chi connectivity index (χ3v) is 6.69. The van der Waals surface area contributed by atoms with Gasteiger partial charge in [0.25, 0.3) is 0 Å². The lowest BCUT2D eigenvalue weighted by molar-refractivity contribution is -0.118. The first kappa shape index (κ1) is 23.9. The number of carbonyl (C=O) groups excluding carboxylic acids is 1. The van der Waals surface area contributed by atoms with Crippen molar-refractivity contribution in [1.82, 2.24) is 9.97 Å². The summed E-state index contributed by atoms with van der Waals surface area (Å²) in [6, 6.07) is 16.0. The fourth-order valence-electron chi connectivity index (χ4n) is 4.68. The fourth-order valence-corrected chi connectivity index (χ4v) is 4.68. The number of para-hydroxylation sites is 1. The van der Waals surface area contributed by atoms with Gasteiger partial charge in [0.15, 0.2) is 5.82 Å². The van der Waals surface area contributed by atoms with Crippen molar-refractivity contribution >= 4 is 40.4 Å². The maximum absolute atomic E-state index is 12.7. The number of benzene rings is 2. The lowest BCUT2D eigenvalue weighted by Crippen LogP contribution is -2.35. The Bertz CT molecular complexity index is 1210. The molecule has 2 N–H and O–H groups in total. The van der Waals surface area contributed by atoms with Crippen molar-refractivity contribution in [3.63, 3.8) is 0 Å². The van der Waals surface area contributed by atoms with E-state index in [0.29, 0.717) is 37.1 Å². The van der Waals surface area contributed by atoms with Gasteiger partial charge in [0.1, 0.15) is 11.4 Å². The zero-order valence-corrected chi connectivity index (χ0v) is 20.7. The zero-order chi connectivity index (χ0) is 25.1. The highest BCUT2D eigenvalue weighted by Crippen LogP contribution is 2.37. The Kier molecular flexibility index (Phi) is 6.90. The van der Waals surface area contributed by atoms with Crippen LogP contribution < -0.4 is 24.8 Å². The first-order valence-electron chi connectivity index (χ1n) is 12.5. The van der Waals surface area contributed by atoms with Crippen molar-refractivity contribution < 1.29 is 14.6 Å². The molecule has 0 aliphatic carbocycles. The number of piperidine rings is 1. The Labute approximate surface area is 211 Å². The van der Waals surface area contributed by atoms with E-state index in [1.807, 2.05) is 55.5 Å². The number of aliphatic hydroxyl groups is 1. The van der Waals surface area contributed by atoms with Crippen molar-refractivity contribution in [2.45, 2.75) is 32.3 Å². The molecule has 3 aromatic rings. The van der Waals surface area contributed by atoms with Crippen LogP contribution in [-0.4, -0.2) is 60.4 Å². The van der Waals surface area contributed by atoms with Crippen LogP contribution in [0.25, 0.3) is 0 Å². The van der Waals surface area contributed by atoms with E-state index < -0.39 is 0 Å². The summed E-state index contributed by atoms with van der Waals surface area (Å²) >= 11 is 0. The highest BCUT2D eigenvalue weighted by atomic mass is 16.5. The van der Waals surface area contributed by atoms with Crippen LogP contribution in [0.15, 0.2) is 54.7 Å². The van der Waals surface area contributed by atoms with Gasteiger partial charge in [-0.15, -0.1) is 0 Å². The average Bonchev–Trinajstić information content (AvgIpc) is 3.02. The molecule has 188 valence electrons. The summed E-state index contributed by atoms with van der Waals surface area (Å²) in [4.78, 5) is 28.0. The van der Waals surface area contributed by atoms with Crippen molar-refractivity contribution in [3.8, 4) is 5.75 Å². The van der Waals surface area contributed by atoms with Crippen LogP contribution >= 0.6 is 0 Å². The number of rotatable bonds is 6. The van der Waals surface area contributed by atoms with E-state index in [1.165, 1.54) is 0 Å². The SMILES string of the molecule is CCOc1cc(N2CCC(O)CC2)ccc1Nc1ncc2c(n1)N(C)C(=O)CCN2c1ccccc1.